The second kappa shape index (κ2) is 6.09. The van der Waals surface area contributed by atoms with Crippen LogP contribution in [0.25, 0.3) is 10.2 Å². The molecule has 3 heterocycles. The predicted octanol–water partition coefficient (Wildman–Crippen LogP) is 3.22. The summed E-state index contributed by atoms with van der Waals surface area (Å²) < 4.78 is 0. The number of nitrogens with one attached hydrogen (secondary N) is 2. The zero-order valence-corrected chi connectivity index (χ0v) is 14.4. The summed E-state index contributed by atoms with van der Waals surface area (Å²) in [5, 5.41) is 8.37. The van der Waals surface area contributed by atoms with Crippen LogP contribution in [-0.2, 0) is 12.8 Å². The van der Waals surface area contributed by atoms with Gasteiger partial charge in [-0.05, 0) is 37.7 Å². The van der Waals surface area contributed by atoms with Crippen LogP contribution in [-0.4, -0.2) is 25.1 Å². The molecule has 1 atom stereocenters. The van der Waals surface area contributed by atoms with Gasteiger partial charge in [0.05, 0.1) is 10.6 Å². The summed E-state index contributed by atoms with van der Waals surface area (Å²) in [7, 11) is 0. The maximum Gasteiger partial charge on any atom is 0.260 e. The molecule has 1 aliphatic carbocycles. The minimum absolute atomic E-state index is 0.00989. The molecule has 1 unspecified atom stereocenters. The maximum atomic E-state index is 12.6. The Morgan fingerprint density at radius 2 is 2.26 bits per heavy atom. The Morgan fingerprint density at radius 3 is 3.04 bits per heavy atom. The molecule has 0 saturated carbocycles. The van der Waals surface area contributed by atoms with E-state index in [1.165, 1.54) is 35.0 Å². The maximum absolute atomic E-state index is 12.6. The first-order chi connectivity index (χ1) is 11.3. The summed E-state index contributed by atoms with van der Waals surface area (Å²) in [6, 6.07) is 0. The van der Waals surface area contributed by atoms with Gasteiger partial charge >= 0.3 is 0 Å². The molecule has 1 aliphatic rings. The lowest BCUT2D eigenvalue weighted by Gasteiger charge is -2.11. The monoisotopic (exact) mass is 347 g/mol. The van der Waals surface area contributed by atoms with Gasteiger partial charge in [0.2, 0.25) is 0 Å². The van der Waals surface area contributed by atoms with Crippen molar-refractivity contribution in [3.8, 4) is 0 Å². The molecule has 0 fully saturated rings. The molecule has 0 aromatic carbocycles. The summed E-state index contributed by atoms with van der Waals surface area (Å²) in [6.07, 6.45) is 6.84. The van der Waals surface area contributed by atoms with E-state index in [-0.39, 0.29) is 10.8 Å². The van der Waals surface area contributed by atoms with Crippen molar-refractivity contribution in [2.75, 3.05) is 0 Å². The van der Waals surface area contributed by atoms with Crippen LogP contribution in [0.5, 0.6) is 0 Å². The summed E-state index contributed by atoms with van der Waals surface area (Å²) in [6.45, 7) is 2.08. The quantitative estimate of drug-likeness (QED) is 0.559. The fraction of sp³-hybridized carbons (Fsp3) is 0.467. The highest BCUT2D eigenvalue weighted by molar-refractivity contribution is 7.99. The van der Waals surface area contributed by atoms with Crippen LogP contribution >= 0.6 is 23.1 Å². The van der Waals surface area contributed by atoms with Gasteiger partial charge in [0, 0.05) is 4.88 Å². The average Bonchev–Trinajstić information content (AvgIpc) is 3.19. The normalized spacial score (nSPS) is 15.7. The number of fused-ring (bicyclic) bond motifs is 3. The van der Waals surface area contributed by atoms with Gasteiger partial charge < -0.3 is 4.98 Å². The highest BCUT2D eigenvalue weighted by Crippen LogP contribution is 2.37. The van der Waals surface area contributed by atoms with Crippen LogP contribution in [0, 0.1) is 0 Å². The largest absolute Gasteiger partial charge is 0.301 e. The second-order valence-corrected chi connectivity index (χ2v) is 7.92. The molecule has 3 aromatic heterocycles. The summed E-state index contributed by atoms with van der Waals surface area (Å²) in [5.74, 6) is 0.811. The fourth-order valence-electron chi connectivity index (χ4n) is 3.04. The lowest BCUT2D eigenvalue weighted by Crippen LogP contribution is -2.11. The molecule has 3 aromatic rings. The zero-order chi connectivity index (χ0) is 15.8. The number of aryl methyl sites for hydroxylation is 2. The summed E-state index contributed by atoms with van der Waals surface area (Å²) >= 11 is 3.21. The van der Waals surface area contributed by atoms with Crippen molar-refractivity contribution in [2.45, 2.75) is 49.4 Å². The highest BCUT2D eigenvalue weighted by Gasteiger charge is 2.21. The fourth-order valence-corrected chi connectivity index (χ4v) is 5.31. The first-order valence-electron chi connectivity index (χ1n) is 7.82. The van der Waals surface area contributed by atoms with E-state index < -0.39 is 0 Å². The van der Waals surface area contributed by atoms with Crippen LogP contribution in [0.3, 0.4) is 0 Å². The minimum atomic E-state index is -0.00989. The SMILES string of the molecule is CCC(Sc1nc2sc3c(c2c(=O)[nH]1)CCCC3)c1ncn[nH]1. The number of hydrogen-bond donors (Lipinski definition) is 2. The molecule has 0 saturated heterocycles. The molecule has 0 amide bonds. The van der Waals surface area contributed by atoms with E-state index in [2.05, 4.69) is 27.1 Å². The predicted molar refractivity (Wildman–Crippen MR) is 92.2 cm³/mol. The third-order valence-electron chi connectivity index (χ3n) is 4.17. The van der Waals surface area contributed by atoms with E-state index in [9.17, 15) is 4.79 Å². The summed E-state index contributed by atoms with van der Waals surface area (Å²) in [4.78, 5) is 26.6. The molecule has 0 radical (unpaired) electrons. The van der Waals surface area contributed by atoms with Crippen molar-refractivity contribution in [1.29, 1.82) is 0 Å². The number of nitrogens with zero attached hydrogens (tertiary/aromatic N) is 3. The van der Waals surface area contributed by atoms with Gasteiger partial charge in [0.1, 0.15) is 17.0 Å². The molecule has 23 heavy (non-hydrogen) atoms. The molecule has 4 rings (SSSR count). The van der Waals surface area contributed by atoms with Crippen LogP contribution < -0.4 is 5.56 Å². The van der Waals surface area contributed by atoms with Gasteiger partial charge in [0.25, 0.3) is 5.56 Å². The van der Waals surface area contributed by atoms with E-state index in [1.54, 1.807) is 11.3 Å². The Kier molecular flexibility index (Phi) is 3.94. The third kappa shape index (κ3) is 2.70. The number of hydrogen-bond acceptors (Lipinski definition) is 6. The minimum Gasteiger partial charge on any atom is -0.301 e. The number of aromatic nitrogens is 5. The van der Waals surface area contributed by atoms with Crippen molar-refractivity contribution in [1.82, 2.24) is 25.1 Å². The average molecular weight is 347 g/mol. The van der Waals surface area contributed by atoms with Crippen molar-refractivity contribution >= 4 is 33.3 Å². The van der Waals surface area contributed by atoms with Gasteiger partial charge in [-0.1, -0.05) is 18.7 Å². The topological polar surface area (TPSA) is 87.3 Å². The summed E-state index contributed by atoms with van der Waals surface area (Å²) in [5.41, 5.74) is 1.22. The Labute approximate surface area is 141 Å². The molecule has 0 aliphatic heterocycles. The molecular formula is C15H17N5OS2. The first-order valence-corrected chi connectivity index (χ1v) is 9.52. The molecule has 6 nitrogen and oxygen atoms in total. The Morgan fingerprint density at radius 1 is 1.39 bits per heavy atom. The molecule has 0 bridgehead atoms. The van der Waals surface area contributed by atoms with E-state index >= 15 is 0 Å². The zero-order valence-electron chi connectivity index (χ0n) is 12.8. The van der Waals surface area contributed by atoms with Crippen LogP contribution in [0.2, 0.25) is 0 Å². The number of thiophene rings is 1. The standard InChI is InChI=1S/C15H17N5OS2/c1-2-9(12-16-7-17-20-12)23-15-18-13(21)11-8-5-3-4-6-10(8)22-14(11)19-15/h7,9H,2-6H2,1H3,(H,16,17,20)(H,18,19,21). The number of H-pyrrole nitrogens is 2. The molecule has 120 valence electrons. The van der Waals surface area contributed by atoms with E-state index in [0.29, 0.717) is 5.16 Å². The van der Waals surface area contributed by atoms with Crippen LogP contribution in [0.4, 0.5) is 0 Å². The second-order valence-electron chi connectivity index (χ2n) is 5.65. The van der Waals surface area contributed by atoms with Crippen molar-refractivity contribution in [3.05, 3.63) is 32.9 Å². The van der Waals surface area contributed by atoms with Gasteiger partial charge in [-0.25, -0.2) is 9.97 Å². The number of aromatic amines is 2. The van der Waals surface area contributed by atoms with Gasteiger partial charge in [-0.15, -0.1) is 11.3 Å². The Bertz CT molecular complexity index is 883. The van der Waals surface area contributed by atoms with E-state index in [1.807, 2.05) is 0 Å². The van der Waals surface area contributed by atoms with Crippen molar-refractivity contribution in [3.63, 3.8) is 0 Å². The molecule has 2 N–H and O–H groups in total. The van der Waals surface area contributed by atoms with Crippen LogP contribution in [0.1, 0.15) is 47.7 Å². The van der Waals surface area contributed by atoms with Crippen LogP contribution in [0.15, 0.2) is 16.3 Å². The van der Waals surface area contributed by atoms with Gasteiger partial charge in [0.15, 0.2) is 5.16 Å². The highest BCUT2D eigenvalue weighted by atomic mass is 32.2. The smallest absolute Gasteiger partial charge is 0.260 e. The van der Waals surface area contributed by atoms with E-state index in [4.69, 9.17) is 4.98 Å². The first kappa shape index (κ1) is 14.9. The number of thioether (sulfide) groups is 1. The molecule has 0 spiro atoms. The molecule has 8 heteroatoms. The lowest BCUT2D eigenvalue weighted by atomic mass is 9.97. The van der Waals surface area contributed by atoms with Gasteiger partial charge in [-0.3, -0.25) is 9.89 Å². The Hall–Kier alpha value is -1.67. The lowest BCUT2D eigenvalue weighted by molar-refractivity contribution is 0.700. The third-order valence-corrected chi connectivity index (χ3v) is 6.61. The van der Waals surface area contributed by atoms with Crippen molar-refractivity contribution in [2.24, 2.45) is 0 Å². The Balaban J connectivity index is 1.72. The number of rotatable bonds is 4. The van der Waals surface area contributed by atoms with E-state index in [0.717, 1.165) is 41.7 Å². The van der Waals surface area contributed by atoms with Gasteiger partial charge in [-0.2, -0.15) is 5.10 Å². The van der Waals surface area contributed by atoms with Crippen molar-refractivity contribution < 1.29 is 0 Å². The molecular weight excluding hydrogens is 330 g/mol.